The third kappa shape index (κ3) is 5.58. The average Bonchev–Trinajstić information content (AvgIpc) is 3.26. The van der Waals surface area contributed by atoms with Gasteiger partial charge in [-0.05, 0) is 80.0 Å². The van der Waals surface area contributed by atoms with Crippen molar-refractivity contribution >= 4 is 56.6 Å². The summed E-state index contributed by atoms with van der Waals surface area (Å²) in [5, 5.41) is 1.45. The Morgan fingerprint density at radius 1 is 1.15 bits per heavy atom. The maximum Gasteiger partial charge on any atom is 0.260 e. The summed E-state index contributed by atoms with van der Waals surface area (Å²) in [5.74, 6) is 0.0353. The minimum Gasteiger partial charge on any atom is -0.379 e. The molecule has 2 heterocycles. The molecule has 1 aliphatic heterocycles. The predicted octanol–water partition coefficient (Wildman–Crippen LogP) is 5.93. The number of halogens is 2. The molecular formula is C26H31Cl2N3O2S. The zero-order valence-corrected chi connectivity index (χ0v) is 21.9. The van der Waals surface area contributed by atoms with E-state index in [0.29, 0.717) is 11.6 Å². The number of nitrogens with zero attached hydrogens (tertiary/aromatic N) is 3. The van der Waals surface area contributed by atoms with Crippen LogP contribution in [-0.4, -0.2) is 55.2 Å². The number of aryl methyl sites for hydroxylation is 3. The fraction of sp³-hybridized carbons (Fsp3) is 0.462. The smallest absolute Gasteiger partial charge is 0.260 e. The minimum absolute atomic E-state index is 0. The normalized spacial score (nSPS) is 16.2. The molecule has 0 spiro atoms. The second kappa shape index (κ2) is 11.4. The van der Waals surface area contributed by atoms with Gasteiger partial charge in [-0.1, -0.05) is 29.0 Å². The molecule has 1 amide bonds. The van der Waals surface area contributed by atoms with Crippen molar-refractivity contribution in [3.63, 3.8) is 0 Å². The Kier molecular flexibility index (Phi) is 8.48. The van der Waals surface area contributed by atoms with Crippen molar-refractivity contribution in [3.05, 3.63) is 57.6 Å². The lowest BCUT2D eigenvalue weighted by atomic mass is 9.90. The molecule has 1 aromatic heterocycles. The first kappa shape index (κ1) is 25.4. The summed E-state index contributed by atoms with van der Waals surface area (Å²) in [5.41, 5.74) is 5.44. The lowest BCUT2D eigenvalue weighted by molar-refractivity contribution is 0.0376. The number of hydrogen-bond acceptors (Lipinski definition) is 5. The van der Waals surface area contributed by atoms with Gasteiger partial charge < -0.3 is 4.74 Å². The summed E-state index contributed by atoms with van der Waals surface area (Å²) < 4.78 is 6.49. The molecule has 5 rings (SSSR count). The number of rotatable bonds is 6. The number of ether oxygens (including phenoxy) is 1. The van der Waals surface area contributed by atoms with Crippen molar-refractivity contribution in [2.24, 2.45) is 0 Å². The molecule has 0 N–H and O–H groups in total. The fourth-order valence-corrected chi connectivity index (χ4v) is 6.29. The minimum atomic E-state index is 0. The Bertz CT molecular complexity index is 1160. The van der Waals surface area contributed by atoms with Crippen LogP contribution >= 0.6 is 35.3 Å². The van der Waals surface area contributed by atoms with Crippen molar-refractivity contribution in [3.8, 4) is 0 Å². The molecule has 3 aromatic rings. The van der Waals surface area contributed by atoms with Gasteiger partial charge in [0.05, 0.1) is 23.4 Å². The maximum atomic E-state index is 13.8. The summed E-state index contributed by atoms with van der Waals surface area (Å²) in [6, 6.07) is 10.1. The van der Waals surface area contributed by atoms with Gasteiger partial charge in [-0.15, -0.1) is 12.4 Å². The van der Waals surface area contributed by atoms with Gasteiger partial charge in [-0.3, -0.25) is 14.6 Å². The molecule has 2 aromatic carbocycles. The number of hydrogen-bond donors (Lipinski definition) is 0. The van der Waals surface area contributed by atoms with Crippen molar-refractivity contribution < 1.29 is 9.53 Å². The topological polar surface area (TPSA) is 45.7 Å². The lowest BCUT2D eigenvalue weighted by Gasteiger charge is -2.28. The summed E-state index contributed by atoms with van der Waals surface area (Å²) in [7, 11) is 0. The number of thiazole rings is 1. The summed E-state index contributed by atoms with van der Waals surface area (Å²) in [6.45, 7) is 7.10. The first-order valence-electron chi connectivity index (χ1n) is 11.9. The highest BCUT2D eigenvalue weighted by Crippen LogP contribution is 2.34. The molecule has 0 saturated carbocycles. The largest absolute Gasteiger partial charge is 0.379 e. The number of amides is 1. The van der Waals surface area contributed by atoms with E-state index in [2.05, 4.69) is 17.0 Å². The van der Waals surface area contributed by atoms with Crippen LogP contribution < -0.4 is 4.90 Å². The molecule has 1 saturated heterocycles. The molecule has 0 atom stereocenters. The highest BCUT2D eigenvalue weighted by atomic mass is 35.5. The SMILES string of the molecule is Cc1cc(Cl)cc2sc(N(CCCN3CCOCC3)C(=O)c3ccc4c(c3)CCCC4)nc12.Cl. The standard InChI is InChI=1S/C26H30ClN3O2S.ClH/c1-18-15-22(27)17-23-24(18)28-26(33-23)30(10-4-9-29-11-13-32-14-12-29)25(31)21-8-7-19-5-2-3-6-20(19)16-21;/h7-8,15-17H,2-6,9-14H2,1H3;1H. The number of carbonyl (C=O) groups is 1. The zero-order valence-electron chi connectivity index (χ0n) is 19.5. The van der Waals surface area contributed by atoms with Gasteiger partial charge in [0.15, 0.2) is 5.13 Å². The van der Waals surface area contributed by atoms with Gasteiger partial charge in [0.1, 0.15) is 0 Å². The molecule has 5 nitrogen and oxygen atoms in total. The van der Waals surface area contributed by atoms with E-state index in [1.807, 2.05) is 30.0 Å². The summed E-state index contributed by atoms with van der Waals surface area (Å²) in [4.78, 5) is 22.9. The Morgan fingerprint density at radius 3 is 2.71 bits per heavy atom. The first-order valence-corrected chi connectivity index (χ1v) is 13.1. The van der Waals surface area contributed by atoms with Crippen LogP contribution in [0.5, 0.6) is 0 Å². The first-order chi connectivity index (χ1) is 16.1. The van der Waals surface area contributed by atoms with E-state index in [4.69, 9.17) is 21.3 Å². The highest BCUT2D eigenvalue weighted by Gasteiger charge is 2.23. The predicted molar refractivity (Wildman–Crippen MR) is 143 cm³/mol. The van der Waals surface area contributed by atoms with Crippen LogP contribution in [0.3, 0.4) is 0 Å². The van der Waals surface area contributed by atoms with E-state index < -0.39 is 0 Å². The number of carbonyl (C=O) groups excluding carboxylic acids is 1. The van der Waals surface area contributed by atoms with E-state index in [0.717, 1.165) is 78.6 Å². The van der Waals surface area contributed by atoms with Gasteiger partial charge in [-0.2, -0.15) is 0 Å². The molecule has 1 fully saturated rings. The Hall–Kier alpha value is -1.70. The van der Waals surface area contributed by atoms with E-state index in [9.17, 15) is 4.79 Å². The third-order valence-electron chi connectivity index (χ3n) is 6.67. The zero-order chi connectivity index (χ0) is 22.8. The van der Waals surface area contributed by atoms with E-state index in [1.54, 1.807) is 11.3 Å². The van der Waals surface area contributed by atoms with Crippen LogP contribution in [0.2, 0.25) is 5.02 Å². The number of morpholine rings is 1. The number of anilines is 1. The lowest BCUT2D eigenvalue weighted by Crippen LogP contribution is -2.39. The molecule has 182 valence electrons. The van der Waals surface area contributed by atoms with Crippen LogP contribution in [0.25, 0.3) is 10.2 Å². The number of fused-ring (bicyclic) bond motifs is 2. The Labute approximate surface area is 216 Å². The van der Waals surface area contributed by atoms with Crippen molar-refractivity contribution in [2.75, 3.05) is 44.3 Å². The quantitative estimate of drug-likeness (QED) is 0.404. The van der Waals surface area contributed by atoms with E-state index in [-0.39, 0.29) is 18.3 Å². The van der Waals surface area contributed by atoms with Crippen LogP contribution in [0.4, 0.5) is 5.13 Å². The van der Waals surface area contributed by atoms with Crippen molar-refractivity contribution in [1.29, 1.82) is 0 Å². The monoisotopic (exact) mass is 519 g/mol. The third-order valence-corrected chi connectivity index (χ3v) is 7.91. The van der Waals surface area contributed by atoms with Gasteiger partial charge in [0, 0.05) is 36.8 Å². The van der Waals surface area contributed by atoms with Crippen LogP contribution in [0, 0.1) is 6.92 Å². The van der Waals surface area contributed by atoms with Crippen molar-refractivity contribution in [2.45, 2.75) is 39.0 Å². The van der Waals surface area contributed by atoms with Crippen molar-refractivity contribution in [1.82, 2.24) is 9.88 Å². The summed E-state index contributed by atoms with van der Waals surface area (Å²) in [6.07, 6.45) is 5.51. The molecule has 0 radical (unpaired) electrons. The highest BCUT2D eigenvalue weighted by molar-refractivity contribution is 7.22. The van der Waals surface area contributed by atoms with E-state index in [1.165, 1.54) is 24.0 Å². The van der Waals surface area contributed by atoms with Gasteiger partial charge in [0.2, 0.25) is 0 Å². The second-order valence-electron chi connectivity index (χ2n) is 9.02. The van der Waals surface area contributed by atoms with Gasteiger partial charge in [0.25, 0.3) is 5.91 Å². The van der Waals surface area contributed by atoms with E-state index >= 15 is 0 Å². The molecule has 1 aliphatic carbocycles. The number of benzene rings is 2. The summed E-state index contributed by atoms with van der Waals surface area (Å²) >= 11 is 7.84. The molecule has 0 bridgehead atoms. The Morgan fingerprint density at radius 2 is 1.91 bits per heavy atom. The Balaban J connectivity index is 0.00000274. The van der Waals surface area contributed by atoms with Crippen LogP contribution in [-0.2, 0) is 17.6 Å². The number of aromatic nitrogens is 1. The van der Waals surface area contributed by atoms with Crippen LogP contribution in [0.15, 0.2) is 30.3 Å². The van der Waals surface area contributed by atoms with Gasteiger partial charge >= 0.3 is 0 Å². The fourth-order valence-electron chi connectivity index (χ4n) is 4.84. The molecule has 0 unspecified atom stereocenters. The molecule has 34 heavy (non-hydrogen) atoms. The average molecular weight is 521 g/mol. The van der Waals surface area contributed by atoms with Gasteiger partial charge in [-0.25, -0.2) is 4.98 Å². The second-order valence-corrected chi connectivity index (χ2v) is 10.5. The molecule has 8 heteroatoms. The maximum absolute atomic E-state index is 13.8. The molecular weight excluding hydrogens is 489 g/mol. The van der Waals surface area contributed by atoms with Crippen LogP contribution in [0.1, 0.15) is 46.3 Å². The molecule has 2 aliphatic rings.